The van der Waals surface area contributed by atoms with E-state index in [2.05, 4.69) is 15.3 Å². The average Bonchev–Trinajstić information content (AvgIpc) is 3.80. The molecule has 7 rings (SSSR count). The topological polar surface area (TPSA) is 117 Å². The fraction of sp³-hybridized carbons (Fsp3) is 0.229. The molecule has 0 saturated carbocycles. The zero-order valence-electron chi connectivity index (χ0n) is 25.9. The molecule has 3 aromatic heterocycles. The van der Waals surface area contributed by atoms with Gasteiger partial charge in [0, 0.05) is 35.1 Å². The van der Waals surface area contributed by atoms with Gasteiger partial charge in [-0.25, -0.2) is 32.6 Å². The van der Waals surface area contributed by atoms with Crippen LogP contribution in [-0.4, -0.2) is 53.8 Å². The van der Waals surface area contributed by atoms with E-state index in [0.29, 0.717) is 35.8 Å². The maximum Gasteiger partial charge on any atom is 0.335 e. The van der Waals surface area contributed by atoms with Gasteiger partial charge < -0.3 is 19.1 Å². The molecule has 1 aliphatic rings. The van der Waals surface area contributed by atoms with Gasteiger partial charge in [0.2, 0.25) is 5.88 Å². The summed E-state index contributed by atoms with van der Waals surface area (Å²) in [6.07, 6.45) is 3.03. The normalized spacial score (nSPS) is 15.6. The number of benzene rings is 3. The first-order valence-electron chi connectivity index (χ1n) is 15.1. The highest BCUT2D eigenvalue weighted by Gasteiger charge is 2.39. The van der Waals surface area contributed by atoms with Crippen LogP contribution in [-0.2, 0) is 17.8 Å². The van der Waals surface area contributed by atoms with E-state index in [1.54, 1.807) is 42.6 Å². The molecule has 1 aliphatic heterocycles. The van der Waals surface area contributed by atoms with E-state index in [9.17, 15) is 14.3 Å². The molecule has 0 radical (unpaired) electrons. The fourth-order valence-electron chi connectivity index (χ4n) is 5.96. The maximum atomic E-state index is 15.7. The zero-order valence-corrected chi connectivity index (χ0v) is 25.9. The number of carboxylic acids is 1. The first-order chi connectivity index (χ1) is 23.1. The molecule has 6 aromatic rings. The summed E-state index contributed by atoms with van der Waals surface area (Å²) >= 11 is 0. The SMILES string of the molecule is CC1(C)COCC1n1c(Cc2cc(F)c(-c3cccc(OCc4ccc(-n5ccnn5)cc4F)n3)cc2F)nc2ccc(C(=O)O)cc21. The lowest BCUT2D eigenvalue weighted by Crippen LogP contribution is -2.27. The summed E-state index contributed by atoms with van der Waals surface area (Å²) in [5.74, 6) is -2.40. The number of halogens is 3. The first kappa shape index (κ1) is 31.1. The number of ether oxygens (including phenoxy) is 2. The van der Waals surface area contributed by atoms with Crippen LogP contribution in [0.1, 0.15) is 47.2 Å². The minimum absolute atomic E-state index is 0.0511. The Balaban J connectivity index is 1.15. The molecule has 1 saturated heterocycles. The number of nitrogens with zero attached hydrogens (tertiary/aromatic N) is 6. The molecular weight excluding hydrogens is 625 g/mol. The second kappa shape index (κ2) is 12.2. The van der Waals surface area contributed by atoms with Gasteiger partial charge >= 0.3 is 5.97 Å². The smallest absolute Gasteiger partial charge is 0.335 e. The molecule has 0 spiro atoms. The predicted octanol–water partition coefficient (Wildman–Crippen LogP) is 6.56. The predicted molar refractivity (Wildman–Crippen MR) is 168 cm³/mol. The second-order valence-corrected chi connectivity index (χ2v) is 12.3. The van der Waals surface area contributed by atoms with Crippen LogP contribution < -0.4 is 4.74 Å². The first-order valence-corrected chi connectivity index (χ1v) is 15.1. The molecular formula is C35H29F3N6O4. The molecule has 13 heteroatoms. The van der Waals surface area contributed by atoms with Crippen LogP contribution in [0.4, 0.5) is 13.2 Å². The van der Waals surface area contributed by atoms with Crippen LogP contribution >= 0.6 is 0 Å². The van der Waals surface area contributed by atoms with Gasteiger partial charge in [0.25, 0.3) is 0 Å². The number of fused-ring (bicyclic) bond motifs is 1. The van der Waals surface area contributed by atoms with Crippen LogP contribution in [0.2, 0.25) is 0 Å². The number of hydrogen-bond donors (Lipinski definition) is 1. The molecule has 1 atom stereocenters. The molecule has 1 N–H and O–H groups in total. The Morgan fingerprint density at radius 3 is 2.56 bits per heavy atom. The van der Waals surface area contributed by atoms with E-state index in [1.807, 2.05) is 18.4 Å². The number of imidazole rings is 1. The molecule has 244 valence electrons. The maximum absolute atomic E-state index is 15.7. The molecule has 0 aliphatic carbocycles. The molecule has 1 unspecified atom stereocenters. The second-order valence-electron chi connectivity index (χ2n) is 12.3. The van der Waals surface area contributed by atoms with E-state index in [4.69, 9.17) is 14.5 Å². The van der Waals surface area contributed by atoms with Crippen molar-refractivity contribution < 1.29 is 32.5 Å². The number of aromatic carboxylic acids is 1. The van der Waals surface area contributed by atoms with Gasteiger partial charge in [-0.3, -0.25) is 0 Å². The Morgan fingerprint density at radius 2 is 1.83 bits per heavy atom. The van der Waals surface area contributed by atoms with Crippen LogP contribution in [0.3, 0.4) is 0 Å². The summed E-state index contributed by atoms with van der Waals surface area (Å²) < 4.78 is 60.9. The van der Waals surface area contributed by atoms with Crippen molar-refractivity contribution >= 4 is 17.0 Å². The van der Waals surface area contributed by atoms with Gasteiger partial charge in [0.05, 0.1) is 59.6 Å². The molecule has 48 heavy (non-hydrogen) atoms. The Labute approximate surface area is 272 Å². The third-order valence-corrected chi connectivity index (χ3v) is 8.56. The largest absolute Gasteiger partial charge is 0.478 e. The molecule has 4 heterocycles. The van der Waals surface area contributed by atoms with Crippen molar-refractivity contribution in [3.8, 4) is 22.8 Å². The number of carbonyl (C=O) groups is 1. The molecule has 3 aromatic carbocycles. The van der Waals surface area contributed by atoms with Gasteiger partial charge in [-0.15, -0.1) is 5.10 Å². The summed E-state index contributed by atoms with van der Waals surface area (Å²) in [5, 5.41) is 17.2. The molecule has 10 nitrogen and oxygen atoms in total. The van der Waals surface area contributed by atoms with Crippen molar-refractivity contribution in [3.05, 3.63) is 119 Å². The van der Waals surface area contributed by atoms with E-state index in [1.165, 1.54) is 29.1 Å². The van der Waals surface area contributed by atoms with Crippen molar-refractivity contribution in [1.29, 1.82) is 0 Å². The van der Waals surface area contributed by atoms with E-state index >= 15 is 8.78 Å². The Bertz CT molecular complexity index is 2170. The Hall–Kier alpha value is -5.56. The molecule has 0 amide bonds. The van der Waals surface area contributed by atoms with Crippen molar-refractivity contribution in [2.24, 2.45) is 5.41 Å². The highest BCUT2D eigenvalue weighted by atomic mass is 19.1. The lowest BCUT2D eigenvalue weighted by molar-refractivity contribution is 0.0697. The van der Waals surface area contributed by atoms with Crippen LogP contribution in [0, 0.1) is 22.9 Å². The molecule has 0 bridgehead atoms. The number of aromatic nitrogens is 6. The van der Waals surface area contributed by atoms with Gasteiger partial charge in [-0.1, -0.05) is 31.2 Å². The van der Waals surface area contributed by atoms with Crippen molar-refractivity contribution in [1.82, 2.24) is 29.5 Å². The van der Waals surface area contributed by atoms with E-state index < -0.39 is 23.4 Å². The highest BCUT2D eigenvalue weighted by Crippen LogP contribution is 2.40. The van der Waals surface area contributed by atoms with Crippen molar-refractivity contribution in [3.63, 3.8) is 0 Å². The zero-order chi connectivity index (χ0) is 33.6. The van der Waals surface area contributed by atoms with Crippen LogP contribution in [0.15, 0.2) is 79.1 Å². The number of hydrogen-bond acceptors (Lipinski definition) is 7. The van der Waals surface area contributed by atoms with Gasteiger partial charge in [0.1, 0.15) is 29.9 Å². The number of carboxylic acid groups (broad SMARTS) is 1. The molecule has 1 fully saturated rings. The lowest BCUT2D eigenvalue weighted by Gasteiger charge is -2.28. The number of pyridine rings is 1. The minimum Gasteiger partial charge on any atom is -0.478 e. The van der Waals surface area contributed by atoms with Gasteiger partial charge in [-0.05, 0) is 48.0 Å². The standard InChI is InChI=1S/C35H29F3N6O4/c1-35(2)19-47-18-31(35)44-30-13-20(34(45)46)7-9-29(30)40-32(44)14-22-12-27(38)24(16-26(22)37)28-4-3-5-33(41-28)48-17-21-6-8-23(15-25(21)36)43-11-10-39-42-43/h3-13,15-16,31H,14,17-19H2,1-2H3,(H,45,46). The number of rotatable bonds is 9. The Morgan fingerprint density at radius 1 is 1.00 bits per heavy atom. The lowest BCUT2D eigenvalue weighted by atomic mass is 9.87. The summed E-state index contributed by atoms with van der Waals surface area (Å²) in [5.41, 5.74) is 1.80. The third-order valence-electron chi connectivity index (χ3n) is 8.56. The quantitative estimate of drug-likeness (QED) is 0.186. The summed E-state index contributed by atoms with van der Waals surface area (Å²) in [6.45, 7) is 4.77. The van der Waals surface area contributed by atoms with E-state index in [-0.39, 0.29) is 58.3 Å². The summed E-state index contributed by atoms with van der Waals surface area (Å²) in [4.78, 5) is 20.8. The highest BCUT2D eigenvalue weighted by molar-refractivity contribution is 5.92. The van der Waals surface area contributed by atoms with E-state index in [0.717, 1.165) is 12.1 Å². The van der Waals surface area contributed by atoms with Gasteiger partial charge in [0.15, 0.2) is 0 Å². The summed E-state index contributed by atoms with van der Waals surface area (Å²) in [7, 11) is 0. The van der Waals surface area contributed by atoms with Crippen molar-refractivity contribution in [2.75, 3.05) is 13.2 Å². The minimum atomic E-state index is -1.08. The average molecular weight is 655 g/mol. The summed E-state index contributed by atoms with van der Waals surface area (Å²) in [6, 6.07) is 15.8. The monoisotopic (exact) mass is 654 g/mol. The fourth-order valence-corrected chi connectivity index (χ4v) is 5.96. The van der Waals surface area contributed by atoms with Crippen LogP contribution in [0.25, 0.3) is 28.0 Å². The Kier molecular flexibility index (Phi) is 7.91. The van der Waals surface area contributed by atoms with Crippen molar-refractivity contribution in [2.45, 2.75) is 32.9 Å². The third kappa shape index (κ3) is 5.88. The van der Waals surface area contributed by atoms with Crippen LogP contribution in [0.5, 0.6) is 5.88 Å². The van der Waals surface area contributed by atoms with Gasteiger partial charge in [-0.2, -0.15) is 0 Å².